The van der Waals surface area contributed by atoms with Crippen LogP contribution < -0.4 is 10.0 Å². The second-order valence-corrected chi connectivity index (χ2v) is 9.93. The molecule has 2 heterocycles. The van der Waals surface area contributed by atoms with E-state index in [1.165, 1.54) is 31.2 Å². The molecular weight excluding hydrogens is 454 g/mol. The number of furan rings is 1. The summed E-state index contributed by atoms with van der Waals surface area (Å²) in [6.07, 6.45) is 3.89. The third-order valence-corrected chi connectivity index (χ3v) is 7.28. The van der Waals surface area contributed by atoms with Gasteiger partial charge in [-0.25, -0.2) is 8.42 Å². The topological polar surface area (TPSA) is 109 Å². The molecule has 0 bridgehead atoms. The van der Waals surface area contributed by atoms with E-state index in [1.54, 1.807) is 30.5 Å². The van der Waals surface area contributed by atoms with Crippen LogP contribution in [0.25, 0.3) is 0 Å². The van der Waals surface area contributed by atoms with E-state index in [1.807, 2.05) is 12.1 Å². The van der Waals surface area contributed by atoms with Crippen LogP contribution in [0.2, 0.25) is 0 Å². The Bertz CT molecular complexity index is 1230. The number of carbonyl (C=O) groups excluding carboxylic acids is 2. The maximum absolute atomic E-state index is 12.7. The normalized spacial score (nSPS) is 15.1. The first-order valence-corrected chi connectivity index (χ1v) is 12.6. The molecule has 1 aliphatic rings. The minimum Gasteiger partial charge on any atom is -0.468 e. The summed E-state index contributed by atoms with van der Waals surface area (Å²) in [7, 11) is -3.82. The molecule has 2 N–H and O–H groups in total. The Labute approximate surface area is 199 Å². The molecule has 1 atom stereocenters. The highest BCUT2D eigenvalue weighted by atomic mass is 32.2. The van der Waals surface area contributed by atoms with Crippen molar-refractivity contribution in [1.82, 2.24) is 10.2 Å². The molecule has 8 nitrogen and oxygen atoms in total. The molecule has 1 saturated heterocycles. The molecule has 0 radical (unpaired) electrons. The number of nitrogens with zero attached hydrogens (tertiary/aromatic N) is 1. The predicted molar refractivity (Wildman–Crippen MR) is 128 cm³/mol. The molecule has 0 spiro atoms. The summed E-state index contributed by atoms with van der Waals surface area (Å²) in [4.78, 5) is 26.5. The van der Waals surface area contributed by atoms with Gasteiger partial charge >= 0.3 is 0 Å². The summed E-state index contributed by atoms with van der Waals surface area (Å²) >= 11 is 0. The molecule has 0 aliphatic carbocycles. The third kappa shape index (κ3) is 5.55. The van der Waals surface area contributed by atoms with Gasteiger partial charge in [-0.15, -0.1) is 0 Å². The monoisotopic (exact) mass is 481 g/mol. The molecule has 2 aromatic carbocycles. The summed E-state index contributed by atoms with van der Waals surface area (Å²) in [5, 5.41) is 2.97. The van der Waals surface area contributed by atoms with Gasteiger partial charge in [-0.1, -0.05) is 12.1 Å². The van der Waals surface area contributed by atoms with Gasteiger partial charge in [-0.05, 0) is 81.4 Å². The highest BCUT2D eigenvalue weighted by Crippen LogP contribution is 2.25. The molecular formula is C25H27N3O5S. The molecule has 1 aromatic heterocycles. The van der Waals surface area contributed by atoms with Gasteiger partial charge in [0.2, 0.25) is 0 Å². The van der Waals surface area contributed by atoms with E-state index in [9.17, 15) is 18.0 Å². The number of nitrogens with one attached hydrogen (secondary N) is 2. The number of hydrogen-bond donors (Lipinski definition) is 2. The number of ketones is 1. The average Bonchev–Trinajstić information content (AvgIpc) is 3.55. The Hall–Kier alpha value is -3.43. The van der Waals surface area contributed by atoms with Crippen LogP contribution in [-0.2, 0) is 10.0 Å². The van der Waals surface area contributed by atoms with Crippen molar-refractivity contribution in [2.24, 2.45) is 0 Å². The molecule has 178 valence electrons. The Balaban J connectivity index is 1.38. The number of rotatable bonds is 9. The molecule has 3 aromatic rings. The number of sulfonamides is 1. The molecule has 1 fully saturated rings. The van der Waals surface area contributed by atoms with E-state index in [-0.39, 0.29) is 22.6 Å². The first-order chi connectivity index (χ1) is 16.3. The minimum absolute atomic E-state index is 0.0260. The van der Waals surface area contributed by atoms with Gasteiger partial charge in [0.05, 0.1) is 17.2 Å². The van der Waals surface area contributed by atoms with Gasteiger partial charge in [0.25, 0.3) is 15.9 Å². The quantitative estimate of drug-likeness (QED) is 0.450. The van der Waals surface area contributed by atoms with Crippen LogP contribution in [0, 0.1) is 0 Å². The van der Waals surface area contributed by atoms with Crippen molar-refractivity contribution in [2.75, 3.05) is 24.4 Å². The van der Waals surface area contributed by atoms with Crippen LogP contribution in [0.4, 0.5) is 5.69 Å². The van der Waals surface area contributed by atoms with Crippen molar-refractivity contribution >= 4 is 27.4 Å². The Morgan fingerprint density at radius 1 is 0.971 bits per heavy atom. The van der Waals surface area contributed by atoms with Gasteiger partial charge in [0, 0.05) is 23.4 Å². The van der Waals surface area contributed by atoms with Gasteiger partial charge in [-0.3, -0.25) is 19.2 Å². The highest BCUT2D eigenvalue weighted by molar-refractivity contribution is 7.92. The van der Waals surface area contributed by atoms with Crippen molar-refractivity contribution < 1.29 is 22.4 Å². The Morgan fingerprint density at radius 3 is 2.21 bits per heavy atom. The zero-order chi connectivity index (χ0) is 24.1. The lowest BCUT2D eigenvalue weighted by atomic mass is 10.1. The molecule has 4 rings (SSSR count). The molecule has 34 heavy (non-hydrogen) atoms. The summed E-state index contributed by atoms with van der Waals surface area (Å²) in [6.45, 7) is 3.77. The van der Waals surface area contributed by atoms with E-state index >= 15 is 0 Å². The summed E-state index contributed by atoms with van der Waals surface area (Å²) in [6, 6.07) is 15.7. The largest absolute Gasteiger partial charge is 0.468 e. The fourth-order valence-corrected chi connectivity index (χ4v) is 5.07. The second-order valence-electron chi connectivity index (χ2n) is 8.25. The van der Waals surface area contributed by atoms with Crippen LogP contribution >= 0.6 is 0 Å². The summed E-state index contributed by atoms with van der Waals surface area (Å²) < 4.78 is 33.3. The third-order valence-electron chi connectivity index (χ3n) is 5.88. The predicted octanol–water partition coefficient (Wildman–Crippen LogP) is 3.85. The number of likely N-dealkylation sites (tertiary alicyclic amines) is 1. The standard InChI is InChI=1S/C25H27N3O5S/c1-18(29)19-8-12-22(13-9-19)34(31,32)27-21-10-6-20(7-11-21)25(30)26-17-23(24-5-4-16-33-24)28-14-2-3-15-28/h4-13,16,23,27H,2-3,14-15,17H2,1H3,(H,26,30)/t23-/m1/s1. The van der Waals surface area contributed by atoms with Gasteiger partial charge in [0.15, 0.2) is 5.78 Å². The van der Waals surface area contributed by atoms with Crippen LogP contribution in [0.1, 0.15) is 52.3 Å². The van der Waals surface area contributed by atoms with Crippen LogP contribution in [0.5, 0.6) is 0 Å². The zero-order valence-corrected chi connectivity index (χ0v) is 19.7. The summed E-state index contributed by atoms with van der Waals surface area (Å²) in [5.41, 5.74) is 1.19. The molecule has 1 amide bonds. The number of hydrogen-bond acceptors (Lipinski definition) is 6. The number of carbonyl (C=O) groups is 2. The number of anilines is 1. The van der Waals surface area contributed by atoms with E-state index in [0.717, 1.165) is 31.7 Å². The second kappa shape index (κ2) is 10.2. The fraction of sp³-hybridized carbons (Fsp3) is 0.280. The lowest BCUT2D eigenvalue weighted by Crippen LogP contribution is -2.36. The first kappa shape index (κ1) is 23.7. The lowest BCUT2D eigenvalue weighted by molar-refractivity contribution is 0.0933. The van der Waals surface area contributed by atoms with Crippen LogP contribution in [0.3, 0.4) is 0 Å². The number of benzene rings is 2. The van der Waals surface area contributed by atoms with Crippen molar-refractivity contribution in [3.63, 3.8) is 0 Å². The van der Waals surface area contributed by atoms with Gasteiger partial charge < -0.3 is 9.73 Å². The highest BCUT2D eigenvalue weighted by Gasteiger charge is 2.26. The molecule has 0 unspecified atom stereocenters. The van der Waals surface area contributed by atoms with Gasteiger partial charge in [0.1, 0.15) is 5.76 Å². The van der Waals surface area contributed by atoms with E-state index in [0.29, 0.717) is 23.4 Å². The van der Waals surface area contributed by atoms with E-state index < -0.39 is 10.0 Å². The van der Waals surface area contributed by atoms with Crippen LogP contribution in [-0.4, -0.2) is 44.6 Å². The lowest BCUT2D eigenvalue weighted by Gasteiger charge is -2.26. The zero-order valence-electron chi connectivity index (χ0n) is 18.9. The SMILES string of the molecule is CC(=O)c1ccc(S(=O)(=O)Nc2ccc(C(=O)NC[C@H](c3ccco3)N3CCCC3)cc2)cc1. The van der Waals surface area contributed by atoms with E-state index in [4.69, 9.17) is 4.42 Å². The van der Waals surface area contributed by atoms with Crippen molar-refractivity contribution in [1.29, 1.82) is 0 Å². The van der Waals surface area contributed by atoms with Crippen LogP contribution in [0.15, 0.2) is 76.2 Å². The number of amides is 1. The first-order valence-electron chi connectivity index (χ1n) is 11.1. The van der Waals surface area contributed by atoms with Gasteiger partial charge in [-0.2, -0.15) is 0 Å². The molecule has 1 aliphatic heterocycles. The van der Waals surface area contributed by atoms with Crippen molar-refractivity contribution in [3.05, 3.63) is 83.8 Å². The number of Topliss-reactive ketones (excluding diaryl/α,β-unsaturated/α-hetero) is 1. The fourth-order valence-electron chi connectivity index (χ4n) is 4.01. The average molecular weight is 482 g/mol. The minimum atomic E-state index is -3.82. The summed E-state index contributed by atoms with van der Waals surface area (Å²) in [5.74, 6) is 0.440. The van der Waals surface area contributed by atoms with E-state index in [2.05, 4.69) is 14.9 Å². The Kier molecular flexibility index (Phi) is 7.14. The molecule has 0 saturated carbocycles. The maximum Gasteiger partial charge on any atom is 0.261 e. The smallest absolute Gasteiger partial charge is 0.261 e. The maximum atomic E-state index is 12.7. The molecule has 9 heteroatoms. The van der Waals surface area contributed by atoms with Crippen molar-refractivity contribution in [3.8, 4) is 0 Å². The van der Waals surface area contributed by atoms with Crippen molar-refractivity contribution in [2.45, 2.75) is 30.7 Å². The Morgan fingerprint density at radius 2 is 1.62 bits per heavy atom.